The number of rotatable bonds is 7. The lowest BCUT2D eigenvalue weighted by Gasteiger charge is -2.18. The number of primary amides is 1. The molecule has 0 fully saturated rings. The summed E-state index contributed by atoms with van der Waals surface area (Å²) < 4.78 is 5.78. The van der Waals surface area contributed by atoms with Gasteiger partial charge in [-0.25, -0.2) is 0 Å². The molecule has 1 heterocycles. The third-order valence-corrected chi connectivity index (χ3v) is 6.32. The van der Waals surface area contributed by atoms with Crippen LogP contribution in [0.5, 0.6) is 5.75 Å². The van der Waals surface area contributed by atoms with E-state index in [9.17, 15) is 9.59 Å². The molecule has 0 radical (unpaired) electrons. The summed E-state index contributed by atoms with van der Waals surface area (Å²) in [5.74, 6) is 0.874. The zero-order chi connectivity index (χ0) is 20.3. The van der Waals surface area contributed by atoms with Gasteiger partial charge in [0.05, 0.1) is 12.2 Å². The molecule has 2 aromatic rings. The Kier molecular flexibility index (Phi) is 6.39. The summed E-state index contributed by atoms with van der Waals surface area (Å²) in [4.78, 5) is 25.5. The van der Waals surface area contributed by atoms with E-state index in [2.05, 4.69) is 18.3 Å². The largest absolute Gasteiger partial charge is 0.493 e. The van der Waals surface area contributed by atoms with E-state index in [0.717, 1.165) is 36.1 Å². The topological polar surface area (TPSA) is 81.4 Å². The van der Waals surface area contributed by atoms with Crippen LogP contribution in [0.25, 0.3) is 0 Å². The summed E-state index contributed by atoms with van der Waals surface area (Å²) in [6, 6.07) is 6.05. The second-order valence-corrected chi connectivity index (χ2v) is 8.79. The minimum Gasteiger partial charge on any atom is -0.493 e. The summed E-state index contributed by atoms with van der Waals surface area (Å²) in [6.07, 6.45) is 3.78. The highest BCUT2D eigenvalue weighted by atomic mass is 32.1. The minimum absolute atomic E-state index is 0.113. The molecular weight excluding hydrogens is 372 g/mol. The number of fused-ring (bicyclic) bond motifs is 1. The quantitative estimate of drug-likeness (QED) is 0.677. The zero-order valence-corrected chi connectivity index (χ0v) is 17.6. The summed E-state index contributed by atoms with van der Waals surface area (Å²) >= 11 is 1.50. The molecular formula is C22H28N2O3S. The molecule has 0 spiro atoms. The Hall–Kier alpha value is -2.34. The van der Waals surface area contributed by atoms with Crippen molar-refractivity contribution in [3.8, 4) is 5.75 Å². The van der Waals surface area contributed by atoms with Gasteiger partial charge in [-0.05, 0) is 62.6 Å². The van der Waals surface area contributed by atoms with E-state index in [-0.39, 0.29) is 5.91 Å². The predicted octanol–water partition coefficient (Wildman–Crippen LogP) is 4.39. The second kappa shape index (κ2) is 8.78. The van der Waals surface area contributed by atoms with Crippen LogP contribution in [0.1, 0.15) is 58.1 Å². The highest BCUT2D eigenvalue weighted by Gasteiger charge is 2.27. The van der Waals surface area contributed by atoms with E-state index in [1.54, 1.807) is 0 Å². The molecule has 1 aliphatic rings. The van der Waals surface area contributed by atoms with E-state index in [0.29, 0.717) is 35.9 Å². The van der Waals surface area contributed by atoms with Gasteiger partial charge in [0.25, 0.3) is 5.91 Å². The van der Waals surface area contributed by atoms with E-state index < -0.39 is 5.91 Å². The highest BCUT2D eigenvalue weighted by molar-refractivity contribution is 7.17. The first-order chi connectivity index (χ1) is 13.3. The molecule has 3 N–H and O–H groups in total. The smallest absolute Gasteiger partial charge is 0.251 e. The summed E-state index contributed by atoms with van der Waals surface area (Å²) in [7, 11) is 0. The van der Waals surface area contributed by atoms with Crippen LogP contribution in [0.2, 0.25) is 0 Å². The molecule has 28 heavy (non-hydrogen) atoms. The molecule has 1 aromatic carbocycles. The summed E-state index contributed by atoms with van der Waals surface area (Å²) in [6.45, 7) is 6.74. The third-order valence-electron chi connectivity index (χ3n) is 5.15. The van der Waals surface area contributed by atoms with E-state index in [4.69, 9.17) is 10.5 Å². The number of anilines is 1. The number of hydrogen-bond acceptors (Lipinski definition) is 4. The van der Waals surface area contributed by atoms with Crippen molar-refractivity contribution in [3.63, 3.8) is 0 Å². The Balaban J connectivity index is 1.55. The molecule has 0 unspecified atom stereocenters. The molecule has 2 amide bonds. The van der Waals surface area contributed by atoms with Gasteiger partial charge in [-0.15, -0.1) is 11.3 Å². The molecule has 1 atom stereocenters. The van der Waals surface area contributed by atoms with Crippen LogP contribution in [0.3, 0.4) is 0 Å². The number of aryl methyl sites for hydroxylation is 2. The van der Waals surface area contributed by atoms with Crippen molar-refractivity contribution in [2.45, 2.75) is 52.9 Å². The Labute approximate surface area is 170 Å². The van der Waals surface area contributed by atoms with Crippen LogP contribution in [0.4, 0.5) is 5.00 Å². The molecule has 5 nitrogen and oxygen atoms in total. The van der Waals surface area contributed by atoms with E-state index >= 15 is 0 Å². The number of nitrogens with one attached hydrogen (secondary N) is 1. The number of hydrogen-bond donors (Lipinski definition) is 2. The zero-order valence-electron chi connectivity index (χ0n) is 16.8. The fraction of sp³-hybridized carbons (Fsp3) is 0.455. The Bertz CT molecular complexity index is 888. The van der Waals surface area contributed by atoms with Gasteiger partial charge < -0.3 is 15.8 Å². The van der Waals surface area contributed by atoms with E-state index in [1.165, 1.54) is 21.8 Å². The molecule has 1 aliphatic carbocycles. The molecule has 0 bridgehead atoms. The fourth-order valence-corrected chi connectivity index (χ4v) is 5.10. The Morgan fingerprint density at radius 3 is 2.82 bits per heavy atom. The maximum absolute atomic E-state index is 12.4. The number of nitrogens with two attached hydrogens (primary N) is 1. The van der Waals surface area contributed by atoms with Crippen molar-refractivity contribution in [2.75, 3.05) is 11.9 Å². The van der Waals surface area contributed by atoms with Gasteiger partial charge in [-0.2, -0.15) is 0 Å². The number of carbonyl (C=O) groups excluding carboxylic acids is 2. The molecule has 1 aromatic heterocycles. The van der Waals surface area contributed by atoms with Crippen LogP contribution < -0.4 is 15.8 Å². The number of thiophene rings is 1. The lowest BCUT2D eigenvalue weighted by atomic mass is 9.88. The lowest BCUT2D eigenvalue weighted by molar-refractivity contribution is -0.116. The normalized spacial score (nSPS) is 15.8. The van der Waals surface area contributed by atoms with Crippen LogP contribution >= 0.6 is 11.3 Å². The van der Waals surface area contributed by atoms with Gasteiger partial charge in [-0.3, -0.25) is 9.59 Å². The fourth-order valence-electron chi connectivity index (χ4n) is 3.66. The average molecular weight is 401 g/mol. The van der Waals surface area contributed by atoms with E-state index in [1.807, 2.05) is 26.0 Å². The van der Waals surface area contributed by atoms with Crippen molar-refractivity contribution in [2.24, 2.45) is 11.7 Å². The molecule has 0 aliphatic heterocycles. The van der Waals surface area contributed by atoms with Crippen LogP contribution in [-0.4, -0.2) is 18.4 Å². The van der Waals surface area contributed by atoms with Crippen molar-refractivity contribution < 1.29 is 14.3 Å². The van der Waals surface area contributed by atoms with Crippen molar-refractivity contribution in [1.82, 2.24) is 0 Å². The minimum atomic E-state index is -0.458. The predicted molar refractivity (Wildman–Crippen MR) is 113 cm³/mol. The maximum Gasteiger partial charge on any atom is 0.251 e. The summed E-state index contributed by atoms with van der Waals surface area (Å²) in [5, 5.41) is 3.51. The van der Waals surface area contributed by atoms with Crippen LogP contribution in [0.15, 0.2) is 18.2 Å². The molecule has 150 valence electrons. The SMILES string of the molecule is Cc1ccc(OCCCC(=O)Nc2sc3c(c2C(N)=O)CC[C@@H](C)C3)c(C)c1. The Morgan fingerprint density at radius 2 is 2.11 bits per heavy atom. The van der Waals surface area contributed by atoms with Crippen molar-refractivity contribution in [3.05, 3.63) is 45.3 Å². The van der Waals surface area contributed by atoms with Gasteiger partial charge >= 0.3 is 0 Å². The first kappa shape index (κ1) is 20.4. The lowest BCUT2D eigenvalue weighted by Crippen LogP contribution is -2.19. The van der Waals surface area contributed by atoms with Crippen LogP contribution in [-0.2, 0) is 17.6 Å². The van der Waals surface area contributed by atoms with Gasteiger partial charge in [0.1, 0.15) is 10.8 Å². The molecule has 0 saturated heterocycles. The maximum atomic E-state index is 12.4. The molecule has 6 heteroatoms. The van der Waals surface area contributed by atoms with Gasteiger partial charge in [0, 0.05) is 11.3 Å². The molecule has 0 saturated carbocycles. The number of carbonyl (C=O) groups is 2. The first-order valence-corrected chi connectivity index (χ1v) is 10.6. The molecule has 3 rings (SSSR count). The third kappa shape index (κ3) is 4.73. The van der Waals surface area contributed by atoms with Gasteiger partial charge in [-0.1, -0.05) is 24.6 Å². The standard InChI is InChI=1S/C22H28N2O3S/c1-13-7-9-17(15(3)11-13)27-10-4-5-19(25)24-22-20(21(23)26)16-8-6-14(2)12-18(16)28-22/h7,9,11,14H,4-6,8,10,12H2,1-3H3,(H2,23,26)(H,24,25)/t14-/m1/s1. The van der Waals surface area contributed by atoms with Gasteiger partial charge in [0.15, 0.2) is 0 Å². The monoisotopic (exact) mass is 400 g/mol. The van der Waals surface area contributed by atoms with Crippen molar-refractivity contribution >= 4 is 28.2 Å². The van der Waals surface area contributed by atoms with Crippen LogP contribution in [0, 0.1) is 19.8 Å². The Morgan fingerprint density at radius 1 is 1.32 bits per heavy atom. The average Bonchev–Trinajstić information content (AvgIpc) is 2.97. The second-order valence-electron chi connectivity index (χ2n) is 7.69. The van der Waals surface area contributed by atoms with Gasteiger partial charge in [0.2, 0.25) is 5.91 Å². The number of amides is 2. The van der Waals surface area contributed by atoms with Crippen molar-refractivity contribution in [1.29, 1.82) is 0 Å². The number of ether oxygens (including phenoxy) is 1. The number of benzene rings is 1. The summed E-state index contributed by atoms with van der Waals surface area (Å²) in [5.41, 5.74) is 9.43. The first-order valence-electron chi connectivity index (χ1n) is 9.79. The highest BCUT2D eigenvalue weighted by Crippen LogP contribution is 2.39.